The molecule has 2 atom stereocenters. The maximum absolute atomic E-state index is 5.66. The predicted octanol–water partition coefficient (Wildman–Crippen LogP) is 0.606. The zero-order valence-electron chi connectivity index (χ0n) is 9.75. The van der Waals surface area contributed by atoms with Crippen molar-refractivity contribution in [2.75, 3.05) is 33.7 Å². The summed E-state index contributed by atoms with van der Waals surface area (Å²) >= 11 is 0. The fraction of sp³-hybridized carbons (Fsp3) is 1.00. The van der Waals surface area contributed by atoms with Gasteiger partial charge in [0.1, 0.15) is 0 Å². The van der Waals surface area contributed by atoms with E-state index in [0.717, 1.165) is 19.6 Å². The molecule has 13 heavy (non-hydrogen) atoms. The first-order valence-corrected chi connectivity index (χ1v) is 5.13. The zero-order valence-corrected chi connectivity index (χ0v) is 9.75. The maximum atomic E-state index is 5.66. The van der Waals surface area contributed by atoms with Crippen molar-refractivity contribution in [2.45, 2.75) is 32.9 Å². The van der Waals surface area contributed by atoms with Crippen LogP contribution in [0.25, 0.3) is 0 Å². The molecule has 0 saturated heterocycles. The van der Waals surface area contributed by atoms with E-state index in [1.807, 2.05) is 0 Å². The third kappa shape index (κ3) is 4.60. The second kappa shape index (κ2) is 6.35. The molecule has 0 aromatic heterocycles. The summed E-state index contributed by atoms with van der Waals surface area (Å²) in [5.41, 5.74) is 5.66. The van der Waals surface area contributed by atoms with Gasteiger partial charge in [-0.25, -0.2) is 0 Å². The van der Waals surface area contributed by atoms with Gasteiger partial charge in [0.05, 0.1) is 0 Å². The van der Waals surface area contributed by atoms with Gasteiger partial charge in [-0.3, -0.25) is 4.90 Å². The lowest BCUT2D eigenvalue weighted by molar-refractivity contribution is 0.140. The van der Waals surface area contributed by atoms with E-state index in [4.69, 9.17) is 5.73 Å². The molecule has 0 heterocycles. The van der Waals surface area contributed by atoms with Crippen LogP contribution in [0.2, 0.25) is 0 Å². The molecule has 0 rings (SSSR count). The van der Waals surface area contributed by atoms with Gasteiger partial charge in [-0.2, -0.15) is 0 Å². The summed E-state index contributed by atoms with van der Waals surface area (Å²) in [6.45, 7) is 9.56. The summed E-state index contributed by atoms with van der Waals surface area (Å²) in [7, 11) is 4.22. The smallest absolute Gasteiger partial charge is 0.0197 e. The lowest BCUT2D eigenvalue weighted by Gasteiger charge is -2.34. The van der Waals surface area contributed by atoms with Crippen LogP contribution in [0.1, 0.15) is 20.8 Å². The quantitative estimate of drug-likeness (QED) is 0.661. The molecule has 0 saturated carbocycles. The highest BCUT2D eigenvalue weighted by Gasteiger charge is 2.17. The molecule has 0 aromatic carbocycles. The van der Waals surface area contributed by atoms with Gasteiger partial charge in [-0.15, -0.1) is 0 Å². The van der Waals surface area contributed by atoms with Gasteiger partial charge in [-0.05, 0) is 34.5 Å². The average Bonchev–Trinajstić information content (AvgIpc) is 2.03. The van der Waals surface area contributed by atoms with Crippen LogP contribution < -0.4 is 5.73 Å². The standard InChI is InChI=1S/C10H25N3/c1-6-13(9(2)7-11)10(3)8-12(4)5/h9-10H,6-8,11H2,1-5H3. The average molecular weight is 187 g/mol. The Kier molecular flexibility index (Phi) is 6.29. The van der Waals surface area contributed by atoms with E-state index in [-0.39, 0.29) is 0 Å². The van der Waals surface area contributed by atoms with Crippen LogP contribution in [0.15, 0.2) is 0 Å². The van der Waals surface area contributed by atoms with Crippen molar-refractivity contribution in [3.63, 3.8) is 0 Å². The number of nitrogens with zero attached hydrogens (tertiary/aromatic N) is 2. The van der Waals surface area contributed by atoms with Crippen LogP contribution in [0.5, 0.6) is 0 Å². The highest BCUT2D eigenvalue weighted by Crippen LogP contribution is 2.04. The third-order valence-electron chi connectivity index (χ3n) is 2.47. The van der Waals surface area contributed by atoms with Crippen molar-refractivity contribution in [3.05, 3.63) is 0 Å². The molecule has 2 N–H and O–H groups in total. The Labute approximate surface area is 82.9 Å². The largest absolute Gasteiger partial charge is 0.329 e. The second-order valence-electron chi connectivity index (χ2n) is 4.03. The Hall–Kier alpha value is -0.120. The molecule has 0 aliphatic rings. The van der Waals surface area contributed by atoms with Gasteiger partial charge in [0, 0.05) is 25.2 Å². The number of hydrogen-bond acceptors (Lipinski definition) is 3. The zero-order chi connectivity index (χ0) is 10.4. The second-order valence-corrected chi connectivity index (χ2v) is 4.03. The summed E-state index contributed by atoms with van der Waals surface area (Å²) in [5.74, 6) is 0. The Balaban J connectivity index is 4.06. The van der Waals surface area contributed by atoms with E-state index in [1.165, 1.54) is 0 Å². The molecule has 0 spiro atoms. The lowest BCUT2D eigenvalue weighted by atomic mass is 10.2. The number of likely N-dealkylation sites (N-methyl/N-ethyl adjacent to an activating group) is 2. The fourth-order valence-corrected chi connectivity index (χ4v) is 1.83. The van der Waals surface area contributed by atoms with E-state index in [2.05, 4.69) is 44.7 Å². The normalized spacial score (nSPS) is 16.6. The molecule has 0 aliphatic heterocycles. The van der Waals surface area contributed by atoms with Crippen LogP contribution in [0.3, 0.4) is 0 Å². The van der Waals surface area contributed by atoms with Crippen molar-refractivity contribution < 1.29 is 0 Å². The van der Waals surface area contributed by atoms with Crippen molar-refractivity contribution in [2.24, 2.45) is 5.73 Å². The first-order chi connectivity index (χ1) is 6.02. The van der Waals surface area contributed by atoms with Gasteiger partial charge in [0.2, 0.25) is 0 Å². The summed E-state index contributed by atoms with van der Waals surface area (Å²) in [6.07, 6.45) is 0. The molecule has 0 aliphatic carbocycles. The maximum Gasteiger partial charge on any atom is 0.0197 e. The SMILES string of the molecule is CCN(C(C)CN)C(C)CN(C)C. The van der Waals surface area contributed by atoms with Crippen molar-refractivity contribution >= 4 is 0 Å². The van der Waals surface area contributed by atoms with Crippen molar-refractivity contribution in [1.29, 1.82) is 0 Å². The van der Waals surface area contributed by atoms with Crippen LogP contribution in [-0.4, -0.2) is 55.6 Å². The van der Waals surface area contributed by atoms with E-state index >= 15 is 0 Å². The minimum absolute atomic E-state index is 0.486. The third-order valence-corrected chi connectivity index (χ3v) is 2.47. The highest BCUT2D eigenvalue weighted by atomic mass is 15.2. The summed E-state index contributed by atoms with van der Waals surface area (Å²) < 4.78 is 0. The molecular formula is C10H25N3. The minimum atomic E-state index is 0.486. The molecule has 3 heteroatoms. The molecule has 3 nitrogen and oxygen atoms in total. The van der Waals surface area contributed by atoms with E-state index in [0.29, 0.717) is 12.1 Å². The first-order valence-electron chi connectivity index (χ1n) is 5.13. The topological polar surface area (TPSA) is 32.5 Å². The summed E-state index contributed by atoms with van der Waals surface area (Å²) in [4.78, 5) is 4.66. The van der Waals surface area contributed by atoms with Crippen LogP contribution in [-0.2, 0) is 0 Å². The molecule has 0 amide bonds. The first kappa shape index (κ1) is 12.9. The molecule has 2 unspecified atom stereocenters. The van der Waals surface area contributed by atoms with Crippen molar-refractivity contribution in [3.8, 4) is 0 Å². The molecule has 0 aromatic rings. The van der Waals surface area contributed by atoms with E-state index in [9.17, 15) is 0 Å². The number of nitrogens with two attached hydrogens (primary N) is 1. The van der Waals surface area contributed by atoms with Crippen molar-refractivity contribution in [1.82, 2.24) is 9.80 Å². The Morgan fingerprint density at radius 3 is 2.00 bits per heavy atom. The van der Waals surface area contributed by atoms with Gasteiger partial charge in [0.15, 0.2) is 0 Å². The monoisotopic (exact) mass is 187 g/mol. The van der Waals surface area contributed by atoms with Crippen LogP contribution in [0.4, 0.5) is 0 Å². The molecule has 0 fully saturated rings. The fourth-order valence-electron chi connectivity index (χ4n) is 1.83. The Morgan fingerprint density at radius 2 is 1.69 bits per heavy atom. The summed E-state index contributed by atoms with van der Waals surface area (Å²) in [5, 5.41) is 0. The molecular weight excluding hydrogens is 162 g/mol. The van der Waals surface area contributed by atoms with Gasteiger partial charge in [-0.1, -0.05) is 6.92 Å². The van der Waals surface area contributed by atoms with Gasteiger partial charge >= 0.3 is 0 Å². The van der Waals surface area contributed by atoms with Crippen LogP contribution >= 0.6 is 0 Å². The van der Waals surface area contributed by atoms with Gasteiger partial charge in [0.25, 0.3) is 0 Å². The summed E-state index contributed by atoms with van der Waals surface area (Å²) in [6, 6.07) is 1.07. The number of hydrogen-bond donors (Lipinski definition) is 1. The highest BCUT2D eigenvalue weighted by molar-refractivity contribution is 4.74. The molecule has 0 bridgehead atoms. The van der Waals surface area contributed by atoms with E-state index < -0.39 is 0 Å². The lowest BCUT2D eigenvalue weighted by Crippen LogP contribution is -2.47. The number of rotatable bonds is 6. The molecule has 80 valence electrons. The van der Waals surface area contributed by atoms with Gasteiger partial charge < -0.3 is 10.6 Å². The predicted molar refractivity (Wildman–Crippen MR) is 58.9 cm³/mol. The Bertz CT molecular complexity index is 125. The Morgan fingerprint density at radius 1 is 1.15 bits per heavy atom. The van der Waals surface area contributed by atoms with Crippen LogP contribution in [0, 0.1) is 0 Å². The molecule has 0 radical (unpaired) electrons. The minimum Gasteiger partial charge on any atom is -0.329 e. The van der Waals surface area contributed by atoms with E-state index in [1.54, 1.807) is 0 Å².